The number of fused-ring (bicyclic) bond motifs is 1. The Kier molecular flexibility index (Phi) is 7.26. The number of methoxy groups -OCH3 is 2. The lowest BCUT2D eigenvalue weighted by molar-refractivity contribution is -0.143. The highest BCUT2D eigenvalue weighted by molar-refractivity contribution is 6.00. The SMILES string of the molecule is CCOC(=O)Cn1cc(/C=N\NC(=O)Cc2ccc(OC)c(OC)c2)c2ccccc21. The van der Waals surface area contributed by atoms with Gasteiger partial charge in [-0.05, 0) is 30.7 Å². The summed E-state index contributed by atoms with van der Waals surface area (Å²) >= 11 is 0. The predicted molar refractivity (Wildman–Crippen MR) is 118 cm³/mol. The molecule has 0 fully saturated rings. The van der Waals surface area contributed by atoms with Gasteiger partial charge in [0.2, 0.25) is 5.91 Å². The molecule has 8 nitrogen and oxygen atoms in total. The molecule has 1 heterocycles. The van der Waals surface area contributed by atoms with Gasteiger partial charge in [-0.1, -0.05) is 24.3 Å². The fourth-order valence-electron chi connectivity index (χ4n) is 3.24. The van der Waals surface area contributed by atoms with Gasteiger partial charge >= 0.3 is 5.97 Å². The van der Waals surface area contributed by atoms with Crippen molar-refractivity contribution in [3.63, 3.8) is 0 Å². The van der Waals surface area contributed by atoms with Crippen molar-refractivity contribution in [3.8, 4) is 11.5 Å². The molecular formula is C23H25N3O5. The molecule has 1 N–H and O–H groups in total. The Morgan fingerprint density at radius 1 is 1.10 bits per heavy atom. The number of esters is 1. The molecule has 2 aromatic carbocycles. The fourth-order valence-corrected chi connectivity index (χ4v) is 3.24. The summed E-state index contributed by atoms with van der Waals surface area (Å²) in [6.07, 6.45) is 3.52. The zero-order valence-corrected chi connectivity index (χ0v) is 17.8. The number of hydrogen-bond acceptors (Lipinski definition) is 6. The van der Waals surface area contributed by atoms with Crippen LogP contribution >= 0.6 is 0 Å². The monoisotopic (exact) mass is 423 g/mol. The highest BCUT2D eigenvalue weighted by Crippen LogP contribution is 2.27. The van der Waals surface area contributed by atoms with Crippen molar-refractivity contribution in [2.75, 3.05) is 20.8 Å². The molecular weight excluding hydrogens is 398 g/mol. The first-order chi connectivity index (χ1) is 15.0. The minimum atomic E-state index is -0.310. The van der Waals surface area contributed by atoms with Crippen molar-refractivity contribution >= 4 is 29.0 Å². The van der Waals surface area contributed by atoms with E-state index in [4.69, 9.17) is 14.2 Å². The zero-order valence-electron chi connectivity index (χ0n) is 17.8. The van der Waals surface area contributed by atoms with Gasteiger partial charge in [0.15, 0.2) is 11.5 Å². The number of nitrogens with zero attached hydrogens (tertiary/aromatic N) is 2. The summed E-state index contributed by atoms with van der Waals surface area (Å²) in [5.74, 6) is 0.586. The fraction of sp³-hybridized carbons (Fsp3) is 0.261. The highest BCUT2D eigenvalue weighted by Gasteiger charge is 2.11. The first-order valence-electron chi connectivity index (χ1n) is 9.82. The van der Waals surface area contributed by atoms with E-state index in [0.29, 0.717) is 18.1 Å². The Morgan fingerprint density at radius 3 is 2.61 bits per heavy atom. The largest absolute Gasteiger partial charge is 0.493 e. The molecule has 3 rings (SSSR count). The smallest absolute Gasteiger partial charge is 0.325 e. The van der Waals surface area contributed by atoms with Crippen molar-refractivity contribution in [1.82, 2.24) is 9.99 Å². The predicted octanol–water partition coefficient (Wildman–Crippen LogP) is 2.91. The molecule has 0 saturated carbocycles. The Balaban J connectivity index is 1.69. The maximum atomic E-state index is 12.3. The van der Waals surface area contributed by atoms with Gasteiger partial charge in [-0.3, -0.25) is 9.59 Å². The minimum absolute atomic E-state index is 0.105. The number of ether oxygens (including phenoxy) is 3. The van der Waals surface area contributed by atoms with Crippen LogP contribution in [0.2, 0.25) is 0 Å². The normalized spacial score (nSPS) is 10.9. The van der Waals surface area contributed by atoms with Crippen molar-refractivity contribution < 1.29 is 23.8 Å². The summed E-state index contributed by atoms with van der Waals surface area (Å²) in [6.45, 7) is 2.21. The quantitative estimate of drug-likeness (QED) is 0.325. The van der Waals surface area contributed by atoms with Crippen molar-refractivity contribution in [2.24, 2.45) is 5.10 Å². The van der Waals surface area contributed by atoms with E-state index in [1.54, 1.807) is 50.1 Å². The van der Waals surface area contributed by atoms with Crippen molar-refractivity contribution in [1.29, 1.82) is 0 Å². The summed E-state index contributed by atoms with van der Waals surface area (Å²) in [5, 5.41) is 5.00. The van der Waals surface area contributed by atoms with E-state index < -0.39 is 0 Å². The number of carbonyl (C=O) groups is 2. The summed E-state index contributed by atoms with van der Waals surface area (Å²) in [6, 6.07) is 13.0. The molecule has 3 aromatic rings. The van der Waals surface area contributed by atoms with Gasteiger partial charge in [-0.25, -0.2) is 5.43 Å². The molecule has 0 bridgehead atoms. The van der Waals surface area contributed by atoms with Gasteiger partial charge in [-0.15, -0.1) is 0 Å². The van der Waals surface area contributed by atoms with Gasteiger partial charge in [0.1, 0.15) is 6.54 Å². The lowest BCUT2D eigenvalue weighted by Gasteiger charge is -2.09. The molecule has 0 aliphatic heterocycles. The number of carbonyl (C=O) groups excluding carboxylic acids is 2. The Hall–Kier alpha value is -3.81. The van der Waals surface area contributed by atoms with Gasteiger partial charge in [0.25, 0.3) is 0 Å². The van der Waals surface area contributed by atoms with Crippen LogP contribution in [-0.4, -0.2) is 43.5 Å². The molecule has 1 amide bonds. The number of aromatic nitrogens is 1. The first-order valence-corrected chi connectivity index (χ1v) is 9.82. The van der Waals surface area contributed by atoms with E-state index >= 15 is 0 Å². The van der Waals surface area contributed by atoms with E-state index in [-0.39, 0.29) is 24.8 Å². The molecule has 0 spiro atoms. The summed E-state index contributed by atoms with van der Waals surface area (Å²) < 4.78 is 17.3. The Bertz CT molecular complexity index is 1100. The third-order valence-corrected chi connectivity index (χ3v) is 4.63. The number of hydrogen-bond donors (Lipinski definition) is 1. The van der Waals surface area contributed by atoms with Crippen LogP contribution < -0.4 is 14.9 Å². The number of nitrogens with one attached hydrogen (secondary N) is 1. The minimum Gasteiger partial charge on any atom is -0.493 e. The van der Waals surface area contributed by atoms with Gasteiger partial charge in [0.05, 0.1) is 33.5 Å². The number of hydrazone groups is 1. The average Bonchev–Trinajstić information content (AvgIpc) is 3.11. The second-order valence-corrected chi connectivity index (χ2v) is 6.69. The molecule has 8 heteroatoms. The lowest BCUT2D eigenvalue weighted by atomic mass is 10.1. The number of para-hydroxylation sites is 1. The number of amides is 1. The highest BCUT2D eigenvalue weighted by atomic mass is 16.5. The topological polar surface area (TPSA) is 91.2 Å². The number of rotatable bonds is 9. The van der Waals surface area contributed by atoms with Crippen LogP contribution in [0.4, 0.5) is 0 Å². The summed E-state index contributed by atoms with van der Waals surface area (Å²) in [7, 11) is 3.10. The van der Waals surface area contributed by atoms with Gasteiger partial charge in [0, 0.05) is 22.7 Å². The third-order valence-electron chi connectivity index (χ3n) is 4.63. The van der Waals surface area contributed by atoms with Crippen LogP contribution in [0.3, 0.4) is 0 Å². The number of benzene rings is 2. The standard InChI is InChI=1S/C23H25N3O5/c1-4-31-23(28)15-26-14-17(18-7-5-6-8-19(18)26)13-24-25-22(27)12-16-9-10-20(29-2)21(11-16)30-3/h5-11,13-14H,4,12,15H2,1-3H3,(H,25,27)/b24-13-. The molecule has 0 saturated heterocycles. The Labute approximate surface area is 180 Å². The maximum Gasteiger partial charge on any atom is 0.325 e. The van der Waals surface area contributed by atoms with Crippen LogP contribution in [0.25, 0.3) is 10.9 Å². The van der Waals surface area contributed by atoms with Crippen molar-refractivity contribution in [2.45, 2.75) is 19.9 Å². The van der Waals surface area contributed by atoms with E-state index in [2.05, 4.69) is 10.5 Å². The molecule has 162 valence electrons. The van der Waals surface area contributed by atoms with Crippen molar-refractivity contribution in [3.05, 3.63) is 59.8 Å². The summed E-state index contributed by atoms with van der Waals surface area (Å²) in [5.41, 5.74) is 4.98. The second kappa shape index (κ2) is 10.3. The van der Waals surface area contributed by atoms with Crippen LogP contribution in [0.15, 0.2) is 53.8 Å². The molecule has 31 heavy (non-hydrogen) atoms. The Morgan fingerprint density at radius 2 is 1.87 bits per heavy atom. The second-order valence-electron chi connectivity index (χ2n) is 6.69. The molecule has 0 unspecified atom stereocenters. The molecule has 0 atom stereocenters. The van der Waals surface area contributed by atoms with Crippen LogP contribution in [-0.2, 0) is 27.3 Å². The van der Waals surface area contributed by atoms with E-state index in [9.17, 15) is 9.59 Å². The summed E-state index contributed by atoms with van der Waals surface area (Å²) in [4.78, 5) is 24.2. The van der Waals surface area contributed by atoms with Gasteiger partial charge < -0.3 is 18.8 Å². The van der Waals surface area contributed by atoms with Crippen LogP contribution in [0.5, 0.6) is 11.5 Å². The maximum absolute atomic E-state index is 12.3. The van der Waals surface area contributed by atoms with Crippen LogP contribution in [0, 0.1) is 0 Å². The molecule has 1 aromatic heterocycles. The molecule has 0 radical (unpaired) electrons. The van der Waals surface area contributed by atoms with E-state index in [1.807, 2.05) is 30.5 Å². The van der Waals surface area contributed by atoms with Gasteiger partial charge in [-0.2, -0.15) is 5.10 Å². The van der Waals surface area contributed by atoms with E-state index in [1.165, 1.54) is 0 Å². The van der Waals surface area contributed by atoms with Crippen LogP contribution in [0.1, 0.15) is 18.1 Å². The zero-order chi connectivity index (χ0) is 22.2. The lowest BCUT2D eigenvalue weighted by Crippen LogP contribution is -2.19. The molecule has 0 aliphatic carbocycles. The average molecular weight is 423 g/mol. The first kappa shape index (κ1) is 21.9. The van der Waals surface area contributed by atoms with E-state index in [0.717, 1.165) is 22.0 Å². The third kappa shape index (κ3) is 5.42. The molecule has 0 aliphatic rings.